The van der Waals surface area contributed by atoms with Crippen molar-refractivity contribution in [3.8, 4) is 5.75 Å². The maximum Gasteiger partial charge on any atom is 0.255 e. The van der Waals surface area contributed by atoms with Crippen molar-refractivity contribution in [3.05, 3.63) is 50.4 Å². The van der Waals surface area contributed by atoms with Gasteiger partial charge in [0, 0.05) is 10.0 Å². The molecule has 0 saturated carbocycles. The molecule has 2 aromatic rings. The van der Waals surface area contributed by atoms with Crippen LogP contribution in [0.5, 0.6) is 5.75 Å². The van der Waals surface area contributed by atoms with Gasteiger partial charge in [0.05, 0.1) is 28.5 Å². The monoisotopic (exact) mass is 388 g/mol. The van der Waals surface area contributed by atoms with Crippen LogP contribution in [0, 0.1) is 0 Å². The zero-order valence-corrected chi connectivity index (χ0v) is 14.0. The molecule has 1 amide bonds. The van der Waals surface area contributed by atoms with E-state index in [0.717, 1.165) is 4.47 Å². The van der Waals surface area contributed by atoms with Gasteiger partial charge in [0.15, 0.2) is 0 Å². The minimum atomic E-state index is -0.362. The number of benzene rings is 2. The van der Waals surface area contributed by atoms with Crippen LogP contribution in [-0.2, 0) is 0 Å². The lowest BCUT2D eigenvalue weighted by atomic mass is 10.1. The summed E-state index contributed by atoms with van der Waals surface area (Å²) in [4.78, 5) is 12.2. The summed E-state index contributed by atoms with van der Waals surface area (Å²) in [6.07, 6.45) is 0. The second kappa shape index (κ2) is 6.56. The zero-order valence-electron chi connectivity index (χ0n) is 10.9. The predicted octanol–water partition coefficient (Wildman–Crippen LogP) is 4.60. The molecule has 0 spiro atoms. The number of anilines is 2. The van der Waals surface area contributed by atoms with Gasteiger partial charge in [-0.3, -0.25) is 4.79 Å². The molecule has 0 saturated heterocycles. The van der Waals surface area contributed by atoms with Crippen LogP contribution in [0.15, 0.2) is 34.8 Å². The molecule has 0 fully saturated rings. The van der Waals surface area contributed by atoms with E-state index < -0.39 is 0 Å². The zero-order chi connectivity index (χ0) is 15.6. The van der Waals surface area contributed by atoms with Crippen LogP contribution in [0.2, 0.25) is 10.0 Å². The molecule has 0 bridgehead atoms. The summed E-state index contributed by atoms with van der Waals surface area (Å²) in [7, 11) is 1.48. The number of methoxy groups -OCH3 is 1. The molecule has 0 aliphatic carbocycles. The third-order valence-electron chi connectivity index (χ3n) is 2.74. The number of carbonyl (C=O) groups is 1. The minimum Gasteiger partial charge on any atom is -0.495 e. The molecule has 0 radical (unpaired) electrons. The Hall–Kier alpha value is -1.43. The van der Waals surface area contributed by atoms with Gasteiger partial charge in [0.2, 0.25) is 0 Å². The van der Waals surface area contributed by atoms with Crippen LogP contribution in [0.25, 0.3) is 0 Å². The summed E-state index contributed by atoms with van der Waals surface area (Å²) in [6, 6.07) is 8.02. The van der Waals surface area contributed by atoms with Crippen molar-refractivity contribution in [3.63, 3.8) is 0 Å². The number of nitrogens with two attached hydrogens (primary N) is 1. The quantitative estimate of drug-likeness (QED) is 0.754. The molecule has 0 aliphatic rings. The highest BCUT2D eigenvalue weighted by molar-refractivity contribution is 9.10. The van der Waals surface area contributed by atoms with Gasteiger partial charge in [-0.15, -0.1) is 0 Å². The second-order valence-electron chi connectivity index (χ2n) is 4.16. The fraction of sp³-hybridized carbons (Fsp3) is 0.0714. The van der Waals surface area contributed by atoms with Gasteiger partial charge in [0.25, 0.3) is 5.91 Å². The number of hydrogen-bond acceptors (Lipinski definition) is 3. The Morgan fingerprint density at radius 3 is 2.43 bits per heavy atom. The maximum atomic E-state index is 12.2. The summed E-state index contributed by atoms with van der Waals surface area (Å²) < 4.78 is 5.81. The van der Waals surface area contributed by atoms with E-state index in [-0.39, 0.29) is 5.91 Å². The molecule has 3 N–H and O–H groups in total. The largest absolute Gasteiger partial charge is 0.495 e. The molecular weight excluding hydrogens is 379 g/mol. The number of nitrogens with one attached hydrogen (secondary N) is 1. The number of rotatable bonds is 3. The van der Waals surface area contributed by atoms with Crippen LogP contribution >= 0.6 is 39.1 Å². The van der Waals surface area contributed by atoms with Crippen LogP contribution in [0.3, 0.4) is 0 Å². The van der Waals surface area contributed by atoms with Gasteiger partial charge in [-0.25, -0.2) is 0 Å². The fourth-order valence-corrected chi connectivity index (χ4v) is 3.00. The Morgan fingerprint density at radius 1 is 1.24 bits per heavy atom. The highest BCUT2D eigenvalue weighted by Crippen LogP contribution is 2.34. The number of amides is 1. The minimum absolute atomic E-state index is 0.338. The fourth-order valence-electron chi connectivity index (χ4n) is 1.70. The van der Waals surface area contributed by atoms with Gasteiger partial charge in [-0.1, -0.05) is 39.1 Å². The van der Waals surface area contributed by atoms with Crippen molar-refractivity contribution >= 4 is 56.4 Å². The first-order valence-electron chi connectivity index (χ1n) is 5.81. The number of carbonyl (C=O) groups excluding carboxylic acids is 1. The van der Waals surface area contributed by atoms with Crippen molar-refractivity contribution < 1.29 is 9.53 Å². The summed E-state index contributed by atoms with van der Waals surface area (Å²) in [5.74, 6) is 0.0649. The molecule has 21 heavy (non-hydrogen) atoms. The average Bonchev–Trinajstić information content (AvgIpc) is 2.43. The molecule has 0 heterocycles. The van der Waals surface area contributed by atoms with Crippen molar-refractivity contribution in [2.24, 2.45) is 0 Å². The van der Waals surface area contributed by atoms with E-state index in [1.165, 1.54) is 7.11 Å². The van der Waals surface area contributed by atoms with E-state index >= 15 is 0 Å². The highest BCUT2D eigenvalue weighted by Gasteiger charge is 2.14. The summed E-state index contributed by atoms with van der Waals surface area (Å²) >= 11 is 15.4. The van der Waals surface area contributed by atoms with Crippen LogP contribution in [-0.4, -0.2) is 13.0 Å². The molecule has 2 rings (SSSR count). The number of nitrogen functional groups attached to an aromatic ring is 1. The predicted molar refractivity (Wildman–Crippen MR) is 89.5 cm³/mol. The Kier molecular flexibility index (Phi) is 4.98. The second-order valence-corrected chi connectivity index (χ2v) is 5.89. The van der Waals surface area contributed by atoms with E-state index in [2.05, 4.69) is 21.2 Å². The van der Waals surface area contributed by atoms with Crippen molar-refractivity contribution in [1.29, 1.82) is 0 Å². The normalized spacial score (nSPS) is 10.3. The summed E-state index contributed by atoms with van der Waals surface area (Å²) in [5, 5.41) is 3.35. The van der Waals surface area contributed by atoms with Crippen molar-refractivity contribution in [2.75, 3.05) is 18.2 Å². The number of ether oxygens (including phenoxy) is 1. The molecule has 110 valence electrons. The van der Waals surface area contributed by atoms with Gasteiger partial charge in [-0.2, -0.15) is 0 Å². The van der Waals surface area contributed by atoms with E-state index in [9.17, 15) is 4.79 Å². The van der Waals surface area contributed by atoms with E-state index in [4.69, 9.17) is 33.7 Å². The average molecular weight is 390 g/mol. The first kappa shape index (κ1) is 15.9. The Bertz CT molecular complexity index is 684. The molecule has 7 heteroatoms. The lowest BCUT2D eigenvalue weighted by Crippen LogP contribution is -2.13. The van der Waals surface area contributed by atoms with Gasteiger partial charge >= 0.3 is 0 Å². The van der Waals surface area contributed by atoms with E-state index in [0.29, 0.717) is 32.7 Å². The molecule has 0 aliphatic heterocycles. The lowest BCUT2D eigenvalue weighted by Gasteiger charge is -2.11. The van der Waals surface area contributed by atoms with Gasteiger partial charge in [0.1, 0.15) is 5.75 Å². The third-order valence-corrected chi connectivity index (χ3v) is 3.80. The van der Waals surface area contributed by atoms with Crippen molar-refractivity contribution in [2.45, 2.75) is 0 Å². The standard InChI is InChI=1S/C14H11BrCl2N2O2/c1-21-12-4-7(2-3-11(12)18)14(20)19-13-9(16)5-8(15)6-10(13)17/h2-6H,18H2,1H3,(H,19,20). The van der Waals surface area contributed by atoms with Crippen LogP contribution < -0.4 is 15.8 Å². The van der Waals surface area contributed by atoms with Crippen molar-refractivity contribution in [1.82, 2.24) is 0 Å². The van der Waals surface area contributed by atoms with Gasteiger partial charge in [-0.05, 0) is 30.3 Å². The maximum absolute atomic E-state index is 12.2. The smallest absolute Gasteiger partial charge is 0.255 e. The molecule has 2 aromatic carbocycles. The third kappa shape index (κ3) is 3.61. The lowest BCUT2D eigenvalue weighted by molar-refractivity contribution is 0.102. The first-order valence-corrected chi connectivity index (χ1v) is 7.36. The van der Waals surface area contributed by atoms with E-state index in [1.807, 2.05) is 0 Å². The summed E-state index contributed by atoms with van der Waals surface area (Å²) in [6.45, 7) is 0. The summed E-state index contributed by atoms with van der Waals surface area (Å²) in [5.41, 5.74) is 6.90. The number of hydrogen-bond donors (Lipinski definition) is 2. The first-order chi connectivity index (χ1) is 9.92. The van der Waals surface area contributed by atoms with Crippen LogP contribution in [0.4, 0.5) is 11.4 Å². The topological polar surface area (TPSA) is 64.3 Å². The molecular formula is C14H11BrCl2N2O2. The number of halogens is 3. The Balaban J connectivity index is 2.30. The SMILES string of the molecule is COc1cc(C(=O)Nc2c(Cl)cc(Br)cc2Cl)ccc1N. The Labute approximate surface area is 140 Å². The highest BCUT2D eigenvalue weighted by atomic mass is 79.9. The Morgan fingerprint density at radius 2 is 1.86 bits per heavy atom. The molecule has 0 atom stereocenters. The van der Waals surface area contributed by atoms with E-state index in [1.54, 1.807) is 30.3 Å². The molecule has 0 unspecified atom stereocenters. The van der Waals surface area contributed by atoms with Crippen LogP contribution in [0.1, 0.15) is 10.4 Å². The molecule has 4 nitrogen and oxygen atoms in total. The van der Waals surface area contributed by atoms with Gasteiger partial charge < -0.3 is 15.8 Å². The molecule has 0 aromatic heterocycles.